The van der Waals surface area contributed by atoms with Crippen molar-refractivity contribution in [2.45, 2.75) is 12.3 Å². The number of nitrogens with one attached hydrogen (secondary N) is 1. The van der Waals surface area contributed by atoms with Crippen LogP contribution >= 0.6 is 0 Å². The molecule has 0 aliphatic heterocycles. The van der Waals surface area contributed by atoms with Gasteiger partial charge >= 0.3 is 6.18 Å². The second-order valence-corrected chi connectivity index (χ2v) is 1.92. The van der Waals surface area contributed by atoms with Crippen LogP contribution in [0, 0.1) is 0 Å². The molecule has 0 aliphatic rings. The lowest BCUT2D eigenvalue weighted by Crippen LogP contribution is -2.16. The minimum absolute atomic E-state index is 0.572. The number of rotatable bonds is 1. The molecule has 1 rings (SSSR count). The summed E-state index contributed by atoms with van der Waals surface area (Å²) in [6.45, 7) is 0. The lowest BCUT2D eigenvalue weighted by atomic mass is 10.3. The largest absolute Gasteiger partial charge is 0.425 e. The molecule has 0 aromatic carbocycles. The summed E-state index contributed by atoms with van der Waals surface area (Å²) in [7, 11) is 0. The predicted octanol–water partition coefficient (Wildman–Crippen LogP) is 1.98. The van der Waals surface area contributed by atoms with Gasteiger partial charge in [0.1, 0.15) is 0 Å². The average molecular weight is 168 g/mol. The Morgan fingerprint density at radius 2 is 2.09 bits per heavy atom. The molecule has 1 heterocycles. The molecule has 0 saturated carbocycles. The van der Waals surface area contributed by atoms with E-state index in [4.69, 9.17) is 0 Å². The molecule has 1 atom stereocenters. The molecule has 1 unspecified atom stereocenters. The topological polar surface area (TPSA) is 28.7 Å². The molecule has 0 amide bonds. The molecule has 0 spiro atoms. The second kappa shape index (κ2) is 2.52. The Kier molecular flexibility index (Phi) is 1.84. The lowest BCUT2D eigenvalue weighted by molar-refractivity contribution is -0.183. The molecule has 0 saturated heterocycles. The van der Waals surface area contributed by atoms with Crippen LogP contribution in [0.4, 0.5) is 17.6 Å². The number of alkyl halides is 4. The van der Waals surface area contributed by atoms with Crippen LogP contribution in [0.1, 0.15) is 11.9 Å². The fraction of sp³-hybridized carbons (Fsp3) is 0.400. The van der Waals surface area contributed by atoms with Crippen LogP contribution in [0.3, 0.4) is 0 Å². The Morgan fingerprint density at radius 3 is 2.45 bits per heavy atom. The van der Waals surface area contributed by atoms with Crippen molar-refractivity contribution in [2.24, 2.45) is 0 Å². The highest BCUT2D eigenvalue weighted by Gasteiger charge is 2.42. The van der Waals surface area contributed by atoms with E-state index < -0.39 is 18.0 Å². The molecule has 2 nitrogen and oxygen atoms in total. The van der Waals surface area contributed by atoms with Crippen molar-refractivity contribution >= 4 is 0 Å². The summed E-state index contributed by atoms with van der Waals surface area (Å²) < 4.78 is 47.0. The summed E-state index contributed by atoms with van der Waals surface area (Å²) in [6.07, 6.45) is -6.76. The van der Waals surface area contributed by atoms with Gasteiger partial charge in [-0.2, -0.15) is 18.3 Å². The average Bonchev–Trinajstić information content (AvgIpc) is 2.34. The van der Waals surface area contributed by atoms with Crippen molar-refractivity contribution in [3.63, 3.8) is 0 Å². The third-order valence-corrected chi connectivity index (χ3v) is 1.08. The van der Waals surface area contributed by atoms with Crippen LogP contribution in [-0.2, 0) is 0 Å². The Hall–Kier alpha value is -1.07. The van der Waals surface area contributed by atoms with E-state index in [0.717, 1.165) is 12.3 Å². The first-order valence-electron chi connectivity index (χ1n) is 2.72. The van der Waals surface area contributed by atoms with Gasteiger partial charge in [0.25, 0.3) is 0 Å². The number of hydrogen-bond acceptors (Lipinski definition) is 1. The van der Waals surface area contributed by atoms with Crippen molar-refractivity contribution in [3.8, 4) is 0 Å². The molecule has 11 heavy (non-hydrogen) atoms. The Bertz CT molecular complexity index is 215. The molecule has 6 heteroatoms. The fourth-order valence-corrected chi connectivity index (χ4v) is 0.584. The Labute approximate surface area is 59.2 Å². The van der Waals surface area contributed by atoms with Crippen LogP contribution < -0.4 is 0 Å². The molecule has 0 bridgehead atoms. The highest BCUT2D eigenvalue weighted by Crippen LogP contribution is 2.34. The molecule has 62 valence electrons. The summed E-state index contributed by atoms with van der Waals surface area (Å²) in [4.78, 5) is 0. The monoisotopic (exact) mass is 168 g/mol. The fourth-order valence-electron chi connectivity index (χ4n) is 0.584. The zero-order chi connectivity index (χ0) is 8.48. The summed E-state index contributed by atoms with van der Waals surface area (Å²) in [6, 6.07) is 0.943. The van der Waals surface area contributed by atoms with Gasteiger partial charge < -0.3 is 0 Å². The number of aromatic nitrogens is 2. The van der Waals surface area contributed by atoms with E-state index in [0.29, 0.717) is 0 Å². The first kappa shape index (κ1) is 8.03. The molecule has 1 N–H and O–H groups in total. The van der Waals surface area contributed by atoms with E-state index >= 15 is 0 Å². The number of nitrogens with zero attached hydrogens (tertiary/aromatic N) is 1. The molecule has 1 aromatic heterocycles. The summed E-state index contributed by atoms with van der Waals surface area (Å²) >= 11 is 0. The van der Waals surface area contributed by atoms with E-state index in [-0.39, 0.29) is 0 Å². The van der Waals surface area contributed by atoms with Gasteiger partial charge in [-0.05, 0) is 6.07 Å². The third-order valence-electron chi connectivity index (χ3n) is 1.08. The second-order valence-electron chi connectivity index (χ2n) is 1.92. The van der Waals surface area contributed by atoms with Gasteiger partial charge in [-0.25, -0.2) is 4.39 Å². The first-order chi connectivity index (χ1) is 5.02. The van der Waals surface area contributed by atoms with Crippen LogP contribution in [0.25, 0.3) is 0 Å². The van der Waals surface area contributed by atoms with Gasteiger partial charge in [0.05, 0.1) is 5.69 Å². The quantitative estimate of drug-likeness (QED) is 0.638. The summed E-state index contributed by atoms with van der Waals surface area (Å²) in [5.74, 6) is 0. The number of H-pyrrole nitrogens is 1. The summed E-state index contributed by atoms with van der Waals surface area (Å²) in [5.41, 5.74) is -0.572. The highest BCUT2D eigenvalue weighted by molar-refractivity contribution is 5.03. The molecule has 1 aromatic rings. The van der Waals surface area contributed by atoms with Crippen molar-refractivity contribution < 1.29 is 17.6 Å². The predicted molar refractivity (Wildman–Crippen MR) is 28.5 cm³/mol. The van der Waals surface area contributed by atoms with Crippen molar-refractivity contribution in [1.82, 2.24) is 10.2 Å². The molecular weight excluding hydrogens is 164 g/mol. The maximum atomic E-state index is 12.3. The van der Waals surface area contributed by atoms with Crippen molar-refractivity contribution in [1.29, 1.82) is 0 Å². The Balaban J connectivity index is 2.78. The van der Waals surface area contributed by atoms with Crippen LogP contribution in [0.5, 0.6) is 0 Å². The molecular formula is C5H4F4N2. The summed E-state index contributed by atoms with van der Waals surface area (Å²) in [5, 5.41) is 5.09. The maximum absolute atomic E-state index is 12.3. The van der Waals surface area contributed by atoms with Crippen molar-refractivity contribution in [2.75, 3.05) is 0 Å². The minimum atomic E-state index is -4.85. The van der Waals surface area contributed by atoms with Gasteiger partial charge in [-0.3, -0.25) is 5.10 Å². The SMILES string of the molecule is FC(c1ccn[nH]1)C(F)(F)F. The molecule has 0 aliphatic carbocycles. The standard InChI is InChI=1S/C5H4F4N2/c6-4(5(7,8)9)3-1-2-10-11-3/h1-2,4H,(H,10,11). The highest BCUT2D eigenvalue weighted by atomic mass is 19.4. The normalized spacial score (nSPS) is 14.9. The van der Waals surface area contributed by atoms with E-state index in [2.05, 4.69) is 5.10 Å². The van der Waals surface area contributed by atoms with Gasteiger partial charge in [-0.15, -0.1) is 0 Å². The van der Waals surface area contributed by atoms with E-state index in [9.17, 15) is 17.6 Å². The van der Waals surface area contributed by atoms with Crippen molar-refractivity contribution in [3.05, 3.63) is 18.0 Å². The third kappa shape index (κ3) is 1.69. The van der Waals surface area contributed by atoms with Gasteiger partial charge in [-0.1, -0.05) is 0 Å². The first-order valence-corrected chi connectivity index (χ1v) is 2.72. The van der Waals surface area contributed by atoms with Gasteiger partial charge in [0.2, 0.25) is 6.17 Å². The minimum Gasteiger partial charge on any atom is -0.279 e. The van der Waals surface area contributed by atoms with E-state index in [1.54, 1.807) is 0 Å². The van der Waals surface area contributed by atoms with Crippen LogP contribution in [-0.4, -0.2) is 16.4 Å². The van der Waals surface area contributed by atoms with Crippen LogP contribution in [0.2, 0.25) is 0 Å². The zero-order valence-corrected chi connectivity index (χ0v) is 5.19. The molecule has 0 radical (unpaired) electrons. The molecule has 0 fully saturated rings. The number of halogens is 4. The van der Waals surface area contributed by atoms with Gasteiger partial charge in [0.15, 0.2) is 0 Å². The zero-order valence-electron chi connectivity index (χ0n) is 5.19. The van der Waals surface area contributed by atoms with E-state index in [1.165, 1.54) is 0 Å². The van der Waals surface area contributed by atoms with Gasteiger partial charge in [0, 0.05) is 6.20 Å². The number of hydrogen-bond donors (Lipinski definition) is 1. The Morgan fingerprint density at radius 1 is 1.45 bits per heavy atom. The number of aromatic amines is 1. The van der Waals surface area contributed by atoms with Crippen LogP contribution in [0.15, 0.2) is 12.3 Å². The lowest BCUT2D eigenvalue weighted by Gasteiger charge is -2.08. The van der Waals surface area contributed by atoms with E-state index in [1.807, 2.05) is 5.10 Å². The maximum Gasteiger partial charge on any atom is 0.425 e. The smallest absolute Gasteiger partial charge is 0.279 e.